The Balaban J connectivity index is 2.35. The van der Waals surface area contributed by atoms with Crippen LogP contribution in [0.5, 0.6) is 5.75 Å². The Kier molecular flexibility index (Phi) is 5.26. The van der Waals surface area contributed by atoms with Gasteiger partial charge in [0.15, 0.2) is 23.2 Å². The maximum absolute atomic E-state index is 14.2. The first-order valence-electron chi connectivity index (χ1n) is 7.14. The zero-order valence-electron chi connectivity index (χ0n) is 12.5. The number of hydrogen-bond acceptors (Lipinski definition) is 1. The lowest BCUT2D eigenvalue weighted by Crippen LogP contribution is -1.95. The molecule has 1 nitrogen and oxygen atoms in total. The van der Waals surface area contributed by atoms with Crippen LogP contribution < -0.4 is 4.74 Å². The Labute approximate surface area is 128 Å². The monoisotopic (exact) mass is 306 g/mol. The highest BCUT2D eigenvalue weighted by Gasteiger charge is 2.14. The van der Waals surface area contributed by atoms with E-state index in [1.54, 1.807) is 19.1 Å². The maximum Gasteiger partial charge on any atom is 0.166 e. The third kappa shape index (κ3) is 3.50. The molecule has 0 aliphatic carbocycles. The predicted octanol–water partition coefficient (Wildman–Crippen LogP) is 5.55. The topological polar surface area (TPSA) is 9.23 Å². The molecule has 0 saturated carbocycles. The molecule has 0 unspecified atom stereocenters. The summed E-state index contributed by atoms with van der Waals surface area (Å²) in [4.78, 5) is 0. The molecule has 0 saturated heterocycles. The van der Waals surface area contributed by atoms with Crippen molar-refractivity contribution < 1.29 is 17.9 Å². The van der Waals surface area contributed by atoms with Crippen molar-refractivity contribution in [2.45, 2.75) is 20.3 Å². The molecule has 0 aliphatic heterocycles. The van der Waals surface area contributed by atoms with Crippen LogP contribution in [0.1, 0.15) is 30.5 Å². The molecule has 0 heterocycles. The van der Waals surface area contributed by atoms with E-state index in [-0.39, 0.29) is 16.9 Å². The molecule has 116 valence electrons. The Hall–Kier alpha value is -2.23. The van der Waals surface area contributed by atoms with E-state index in [1.807, 2.05) is 6.92 Å². The molecule has 2 rings (SSSR count). The molecule has 0 bridgehead atoms. The van der Waals surface area contributed by atoms with Gasteiger partial charge < -0.3 is 4.74 Å². The minimum atomic E-state index is -1.09. The number of benzene rings is 2. The molecule has 0 aliphatic rings. The number of halogens is 3. The first-order valence-corrected chi connectivity index (χ1v) is 7.14. The molecular formula is C18H17F3O. The first kappa shape index (κ1) is 16.1. The molecule has 22 heavy (non-hydrogen) atoms. The van der Waals surface area contributed by atoms with Gasteiger partial charge in [0.2, 0.25) is 0 Å². The van der Waals surface area contributed by atoms with Crippen molar-refractivity contribution in [2.24, 2.45) is 0 Å². The smallest absolute Gasteiger partial charge is 0.166 e. The van der Waals surface area contributed by atoms with Crippen molar-refractivity contribution in [3.63, 3.8) is 0 Å². The van der Waals surface area contributed by atoms with Crippen LogP contribution in [0.4, 0.5) is 13.2 Å². The third-order valence-electron chi connectivity index (χ3n) is 3.29. The van der Waals surface area contributed by atoms with Crippen LogP contribution in [0, 0.1) is 5.82 Å². The van der Waals surface area contributed by atoms with Gasteiger partial charge in [-0.2, -0.15) is 0 Å². The van der Waals surface area contributed by atoms with E-state index in [4.69, 9.17) is 4.74 Å². The number of rotatable bonds is 5. The quantitative estimate of drug-likeness (QED) is 0.658. The summed E-state index contributed by atoms with van der Waals surface area (Å²) >= 11 is 0. The molecule has 0 atom stereocenters. The summed E-state index contributed by atoms with van der Waals surface area (Å²) in [6, 6.07) is 10.0. The maximum atomic E-state index is 14.2. The molecule has 0 aromatic heterocycles. The Morgan fingerprint density at radius 2 is 1.50 bits per heavy atom. The zero-order valence-corrected chi connectivity index (χ0v) is 12.5. The minimum absolute atomic E-state index is 0.0201. The summed E-state index contributed by atoms with van der Waals surface area (Å²) < 4.78 is 47.1. The van der Waals surface area contributed by atoms with Crippen molar-refractivity contribution in [1.29, 1.82) is 0 Å². The molecule has 4 heteroatoms. The van der Waals surface area contributed by atoms with Gasteiger partial charge in [-0.05, 0) is 37.1 Å². The summed E-state index contributed by atoms with van der Waals surface area (Å²) in [6.45, 7) is 3.99. The molecule has 0 fully saturated rings. The van der Waals surface area contributed by atoms with Crippen molar-refractivity contribution in [2.75, 3.05) is 6.61 Å². The average molecular weight is 306 g/mol. The van der Waals surface area contributed by atoms with Gasteiger partial charge in [-0.25, -0.2) is 13.2 Å². The van der Waals surface area contributed by atoms with Crippen molar-refractivity contribution in [3.8, 4) is 5.75 Å². The summed E-state index contributed by atoms with van der Waals surface area (Å²) in [5, 5.41) is 0. The van der Waals surface area contributed by atoms with E-state index in [9.17, 15) is 13.2 Å². The third-order valence-corrected chi connectivity index (χ3v) is 3.29. The van der Waals surface area contributed by atoms with Crippen LogP contribution >= 0.6 is 0 Å². The fourth-order valence-corrected chi connectivity index (χ4v) is 2.05. The van der Waals surface area contributed by atoms with Crippen molar-refractivity contribution in [3.05, 3.63) is 65.0 Å². The van der Waals surface area contributed by atoms with Crippen LogP contribution in [0.15, 0.2) is 42.5 Å². The lowest BCUT2D eigenvalue weighted by Gasteiger charge is -2.07. The summed E-state index contributed by atoms with van der Waals surface area (Å²) in [5.41, 5.74) is 1.01. The summed E-state index contributed by atoms with van der Waals surface area (Å²) in [7, 11) is 0. The summed E-state index contributed by atoms with van der Waals surface area (Å²) in [6.07, 6.45) is 0.818. The van der Waals surface area contributed by atoms with Gasteiger partial charge in [-0.15, -0.1) is 0 Å². The molecule has 0 spiro atoms. The molecule has 0 N–H and O–H groups in total. The van der Waals surface area contributed by atoms with E-state index in [1.165, 1.54) is 24.3 Å². The second-order valence-electron chi connectivity index (χ2n) is 4.76. The second kappa shape index (κ2) is 7.16. The van der Waals surface area contributed by atoms with Gasteiger partial charge >= 0.3 is 0 Å². The highest BCUT2D eigenvalue weighted by Crippen LogP contribution is 2.31. The van der Waals surface area contributed by atoms with E-state index in [0.29, 0.717) is 6.61 Å². The van der Waals surface area contributed by atoms with Crippen LogP contribution in [0.3, 0.4) is 0 Å². The number of aryl methyl sites for hydroxylation is 1. The van der Waals surface area contributed by atoms with E-state index in [2.05, 4.69) is 0 Å². The van der Waals surface area contributed by atoms with Crippen molar-refractivity contribution in [1.82, 2.24) is 0 Å². The van der Waals surface area contributed by atoms with E-state index < -0.39 is 17.5 Å². The first-order chi connectivity index (χ1) is 10.6. The molecule has 0 amide bonds. The van der Waals surface area contributed by atoms with Gasteiger partial charge in [0.05, 0.1) is 6.61 Å². The van der Waals surface area contributed by atoms with E-state index in [0.717, 1.165) is 18.1 Å². The van der Waals surface area contributed by atoms with Gasteiger partial charge in [-0.1, -0.05) is 31.2 Å². The molecule has 0 radical (unpaired) electrons. The Bertz CT molecular complexity index is 675. The standard InChI is InChI=1S/C18H17F3O/c1-3-12-5-7-13(8-6-12)17(20)18(21)14-9-10-16(22-4-2)15(19)11-14/h5-11H,3-4H2,1-2H3/b18-17+. The molecule has 2 aromatic rings. The highest BCUT2D eigenvalue weighted by molar-refractivity contribution is 5.83. The average Bonchev–Trinajstić information content (AvgIpc) is 2.55. The predicted molar refractivity (Wildman–Crippen MR) is 82.4 cm³/mol. The lowest BCUT2D eigenvalue weighted by molar-refractivity contribution is 0.321. The molecular weight excluding hydrogens is 289 g/mol. The Morgan fingerprint density at radius 3 is 2.05 bits per heavy atom. The minimum Gasteiger partial charge on any atom is -0.491 e. The Morgan fingerprint density at radius 1 is 0.909 bits per heavy atom. The van der Waals surface area contributed by atoms with Crippen LogP contribution in [0.25, 0.3) is 11.7 Å². The summed E-state index contributed by atoms with van der Waals surface area (Å²) in [5.74, 6) is -2.80. The van der Waals surface area contributed by atoms with Gasteiger partial charge in [0.1, 0.15) is 0 Å². The van der Waals surface area contributed by atoms with Gasteiger partial charge in [-0.3, -0.25) is 0 Å². The van der Waals surface area contributed by atoms with Crippen LogP contribution in [-0.2, 0) is 6.42 Å². The highest BCUT2D eigenvalue weighted by atomic mass is 19.2. The lowest BCUT2D eigenvalue weighted by atomic mass is 10.1. The number of ether oxygens (including phenoxy) is 1. The largest absolute Gasteiger partial charge is 0.491 e. The fourth-order valence-electron chi connectivity index (χ4n) is 2.05. The molecule has 2 aromatic carbocycles. The van der Waals surface area contributed by atoms with Crippen LogP contribution in [0.2, 0.25) is 0 Å². The van der Waals surface area contributed by atoms with E-state index >= 15 is 0 Å². The zero-order chi connectivity index (χ0) is 16.1. The second-order valence-corrected chi connectivity index (χ2v) is 4.76. The van der Waals surface area contributed by atoms with Crippen molar-refractivity contribution >= 4 is 11.7 Å². The van der Waals surface area contributed by atoms with Crippen LogP contribution in [-0.4, -0.2) is 6.61 Å². The van der Waals surface area contributed by atoms with Gasteiger partial charge in [0.25, 0.3) is 0 Å². The van der Waals surface area contributed by atoms with Gasteiger partial charge in [0, 0.05) is 11.1 Å². The number of hydrogen-bond donors (Lipinski definition) is 0. The normalized spacial score (nSPS) is 12.0. The SMILES string of the molecule is CCOc1ccc(/C(F)=C(\F)c2ccc(CC)cc2)cc1F. The fraction of sp³-hybridized carbons (Fsp3) is 0.222.